The van der Waals surface area contributed by atoms with Crippen LogP contribution >= 0.6 is 0 Å². The molecule has 0 radical (unpaired) electrons. The van der Waals surface area contributed by atoms with Gasteiger partial charge in [-0.15, -0.1) is 0 Å². The van der Waals surface area contributed by atoms with Crippen LogP contribution < -0.4 is 4.72 Å². The van der Waals surface area contributed by atoms with Crippen molar-refractivity contribution in [2.75, 3.05) is 19.3 Å². The first-order valence-corrected chi connectivity index (χ1v) is 7.04. The van der Waals surface area contributed by atoms with E-state index in [1.165, 1.54) is 6.92 Å². The second-order valence-corrected chi connectivity index (χ2v) is 5.55. The highest BCUT2D eigenvalue weighted by molar-refractivity contribution is 7.88. The SMILES string of the molecule is CCCN(CC(=O)O)C(=O)C(C)NS(C)(=O)=O. The molecule has 0 spiro atoms. The van der Waals surface area contributed by atoms with E-state index in [4.69, 9.17) is 5.11 Å². The number of rotatable bonds is 7. The monoisotopic (exact) mass is 266 g/mol. The number of nitrogens with zero attached hydrogens (tertiary/aromatic N) is 1. The highest BCUT2D eigenvalue weighted by Crippen LogP contribution is 1.98. The van der Waals surface area contributed by atoms with Crippen LogP contribution in [-0.4, -0.2) is 55.7 Å². The number of nitrogens with one attached hydrogen (secondary N) is 1. The minimum absolute atomic E-state index is 0.279. The molecule has 0 aromatic carbocycles. The number of carboxylic acid groups (broad SMARTS) is 1. The summed E-state index contributed by atoms with van der Waals surface area (Å²) in [5, 5.41) is 8.64. The summed E-state index contributed by atoms with van der Waals surface area (Å²) in [6, 6.07) is -0.962. The van der Waals surface area contributed by atoms with Crippen molar-refractivity contribution in [3.8, 4) is 0 Å². The predicted octanol–water partition coefficient (Wildman–Crippen LogP) is -0.753. The van der Waals surface area contributed by atoms with Crippen LogP contribution in [0.4, 0.5) is 0 Å². The fourth-order valence-electron chi connectivity index (χ4n) is 1.35. The van der Waals surface area contributed by atoms with E-state index >= 15 is 0 Å². The van der Waals surface area contributed by atoms with Gasteiger partial charge in [-0.1, -0.05) is 6.92 Å². The third-order valence-corrected chi connectivity index (χ3v) is 2.67. The molecule has 0 aliphatic rings. The van der Waals surface area contributed by atoms with E-state index in [-0.39, 0.29) is 6.54 Å². The van der Waals surface area contributed by atoms with Crippen LogP contribution in [-0.2, 0) is 19.6 Å². The van der Waals surface area contributed by atoms with Crippen LogP contribution in [0, 0.1) is 0 Å². The summed E-state index contributed by atoms with van der Waals surface area (Å²) in [7, 11) is -3.49. The Morgan fingerprint density at radius 2 is 1.94 bits per heavy atom. The van der Waals surface area contributed by atoms with Crippen molar-refractivity contribution in [3.63, 3.8) is 0 Å². The van der Waals surface area contributed by atoms with E-state index in [1.54, 1.807) is 6.92 Å². The van der Waals surface area contributed by atoms with Crippen molar-refractivity contribution in [1.29, 1.82) is 0 Å². The number of amides is 1. The number of sulfonamides is 1. The smallest absolute Gasteiger partial charge is 0.323 e. The summed E-state index contributed by atoms with van der Waals surface area (Å²) in [6.45, 7) is 3.04. The standard InChI is InChI=1S/C9H18N2O5S/c1-4-5-11(6-8(12)13)9(14)7(2)10-17(3,15)16/h7,10H,4-6H2,1-3H3,(H,12,13). The molecule has 0 aromatic heterocycles. The Morgan fingerprint density at radius 1 is 1.41 bits per heavy atom. The molecule has 0 fully saturated rings. The summed E-state index contributed by atoms with van der Waals surface area (Å²) >= 11 is 0. The van der Waals surface area contributed by atoms with Gasteiger partial charge >= 0.3 is 5.97 Å². The number of carbonyl (C=O) groups is 2. The van der Waals surface area contributed by atoms with Crippen LogP contribution in [0.2, 0.25) is 0 Å². The van der Waals surface area contributed by atoms with E-state index in [2.05, 4.69) is 4.72 Å². The first kappa shape index (κ1) is 15.9. The fourth-order valence-corrected chi connectivity index (χ4v) is 2.09. The lowest BCUT2D eigenvalue weighted by molar-refractivity contribution is -0.145. The van der Waals surface area contributed by atoms with E-state index in [9.17, 15) is 18.0 Å². The summed E-state index contributed by atoms with van der Waals surface area (Å²) in [6.07, 6.45) is 1.54. The van der Waals surface area contributed by atoms with Crippen molar-refractivity contribution in [1.82, 2.24) is 9.62 Å². The Labute approximate surface area is 101 Å². The van der Waals surface area contributed by atoms with Crippen molar-refractivity contribution in [2.45, 2.75) is 26.3 Å². The van der Waals surface area contributed by atoms with Gasteiger partial charge in [0, 0.05) is 6.54 Å². The van der Waals surface area contributed by atoms with Crippen molar-refractivity contribution >= 4 is 21.9 Å². The van der Waals surface area contributed by atoms with Gasteiger partial charge in [-0.2, -0.15) is 0 Å². The quantitative estimate of drug-likeness (QED) is 0.631. The first-order valence-electron chi connectivity index (χ1n) is 5.15. The molecule has 0 heterocycles. The molecule has 0 aliphatic heterocycles. The molecule has 0 saturated carbocycles. The molecule has 0 saturated heterocycles. The Morgan fingerprint density at radius 3 is 2.29 bits per heavy atom. The minimum Gasteiger partial charge on any atom is -0.480 e. The normalized spacial score (nSPS) is 13.1. The molecule has 0 rings (SSSR count). The van der Waals surface area contributed by atoms with Crippen LogP contribution in [0.5, 0.6) is 0 Å². The van der Waals surface area contributed by atoms with Gasteiger partial charge in [-0.25, -0.2) is 13.1 Å². The molecule has 1 unspecified atom stereocenters. The van der Waals surface area contributed by atoms with Gasteiger partial charge in [-0.3, -0.25) is 9.59 Å². The molecule has 100 valence electrons. The Bertz CT molecular complexity index is 379. The molecular weight excluding hydrogens is 248 g/mol. The molecule has 1 amide bonds. The van der Waals surface area contributed by atoms with Crippen LogP contribution in [0.3, 0.4) is 0 Å². The topological polar surface area (TPSA) is 104 Å². The van der Waals surface area contributed by atoms with E-state index in [1.807, 2.05) is 0 Å². The highest BCUT2D eigenvalue weighted by atomic mass is 32.2. The average molecular weight is 266 g/mol. The molecule has 7 nitrogen and oxygen atoms in total. The molecular formula is C9H18N2O5S. The van der Waals surface area contributed by atoms with Crippen LogP contribution in [0.15, 0.2) is 0 Å². The van der Waals surface area contributed by atoms with Gasteiger partial charge in [0.1, 0.15) is 6.54 Å². The maximum atomic E-state index is 11.8. The second kappa shape index (κ2) is 6.55. The predicted molar refractivity (Wildman–Crippen MR) is 61.9 cm³/mol. The van der Waals surface area contributed by atoms with Crippen LogP contribution in [0.25, 0.3) is 0 Å². The van der Waals surface area contributed by atoms with Crippen LogP contribution in [0.1, 0.15) is 20.3 Å². The lowest BCUT2D eigenvalue weighted by Gasteiger charge is -2.23. The van der Waals surface area contributed by atoms with Gasteiger partial charge in [0.2, 0.25) is 15.9 Å². The zero-order valence-electron chi connectivity index (χ0n) is 10.1. The third kappa shape index (κ3) is 6.90. The maximum absolute atomic E-state index is 11.8. The number of aliphatic carboxylic acids is 1. The molecule has 0 aliphatic carbocycles. The van der Waals surface area contributed by atoms with Crippen molar-refractivity contribution in [2.24, 2.45) is 0 Å². The third-order valence-electron chi connectivity index (χ3n) is 1.89. The van der Waals surface area contributed by atoms with Gasteiger partial charge in [0.05, 0.1) is 12.3 Å². The minimum atomic E-state index is -3.49. The first-order chi connectivity index (χ1) is 7.67. The fraction of sp³-hybridized carbons (Fsp3) is 0.778. The largest absolute Gasteiger partial charge is 0.480 e. The lowest BCUT2D eigenvalue weighted by Crippen LogP contribution is -2.48. The summed E-state index contributed by atoms with van der Waals surface area (Å²) in [4.78, 5) is 23.5. The molecule has 0 aromatic rings. The highest BCUT2D eigenvalue weighted by Gasteiger charge is 2.23. The van der Waals surface area contributed by atoms with E-state index < -0.39 is 34.5 Å². The zero-order valence-corrected chi connectivity index (χ0v) is 11.0. The lowest BCUT2D eigenvalue weighted by atomic mass is 10.3. The van der Waals surface area contributed by atoms with E-state index in [0.29, 0.717) is 6.42 Å². The van der Waals surface area contributed by atoms with Gasteiger partial charge in [-0.05, 0) is 13.3 Å². The number of hydrogen-bond acceptors (Lipinski definition) is 4. The zero-order chi connectivity index (χ0) is 13.6. The Kier molecular flexibility index (Phi) is 6.11. The van der Waals surface area contributed by atoms with Gasteiger partial charge < -0.3 is 10.0 Å². The summed E-state index contributed by atoms with van der Waals surface area (Å²) in [5.74, 6) is -1.67. The molecule has 17 heavy (non-hydrogen) atoms. The molecule has 1 atom stereocenters. The molecule has 0 bridgehead atoms. The Balaban J connectivity index is 4.65. The van der Waals surface area contributed by atoms with Gasteiger partial charge in [0.25, 0.3) is 0 Å². The van der Waals surface area contributed by atoms with E-state index in [0.717, 1.165) is 11.2 Å². The maximum Gasteiger partial charge on any atom is 0.323 e. The molecule has 2 N–H and O–H groups in total. The molecule has 8 heteroatoms. The van der Waals surface area contributed by atoms with Crippen molar-refractivity contribution in [3.05, 3.63) is 0 Å². The number of hydrogen-bond donors (Lipinski definition) is 2. The average Bonchev–Trinajstić information content (AvgIpc) is 2.12. The summed E-state index contributed by atoms with van der Waals surface area (Å²) in [5.41, 5.74) is 0. The second-order valence-electron chi connectivity index (χ2n) is 3.77. The Hall–Kier alpha value is -1.15. The van der Waals surface area contributed by atoms with Gasteiger partial charge in [0.15, 0.2) is 0 Å². The summed E-state index contributed by atoms with van der Waals surface area (Å²) < 4.78 is 24.0. The van der Waals surface area contributed by atoms with Crippen molar-refractivity contribution < 1.29 is 23.1 Å². The number of carboxylic acids is 1. The number of carbonyl (C=O) groups excluding carboxylic acids is 1.